The van der Waals surface area contributed by atoms with Gasteiger partial charge in [-0.05, 0) is 29.7 Å². The maximum absolute atomic E-state index is 12.9. The van der Waals surface area contributed by atoms with E-state index in [2.05, 4.69) is 16.9 Å². The summed E-state index contributed by atoms with van der Waals surface area (Å²) in [4.78, 5) is 30.1. The number of carbonyl (C=O) groups excluding carboxylic acids is 1. The van der Waals surface area contributed by atoms with Crippen molar-refractivity contribution in [3.8, 4) is 0 Å². The van der Waals surface area contributed by atoms with Crippen molar-refractivity contribution in [2.45, 2.75) is 6.17 Å². The lowest BCUT2D eigenvalue weighted by Gasteiger charge is -2.37. The third-order valence-electron chi connectivity index (χ3n) is 4.42. The van der Waals surface area contributed by atoms with Crippen LogP contribution in [0.5, 0.6) is 0 Å². The molecular formula is C20H17N3O2. The van der Waals surface area contributed by atoms with Crippen molar-refractivity contribution in [2.24, 2.45) is 0 Å². The first-order valence-electron chi connectivity index (χ1n) is 8.08. The number of rotatable bonds is 3. The number of amides is 1. The number of para-hydroxylation sites is 2. The van der Waals surface area contributed by atoms with E-state index >= 15 is 0 Å². The van der Waals surface area contributed by atoms with Crippen molar-refractivity contribution < 1.29 is 4.79 Å². The van der Waals surface area contributed by atoms with E-state index in [0.717, 1.165) is 16.6 Å². The lowest BCUT2D eigenvalue weighted by molar-refractivity contribution is 0.0706. The molecule has 0 saturated heterocycles. The molecule has 1 atom stereocenters. The van der Waals surface area contributed by atoms with E-state index in [0.29, 0.717) is 17.7 Å². The number of nitrogens with one attached hydrogen (secondary N) is 2. The Kier molecular flexibility index (Phi) is 3.61. The highest BCUT2D eigenvalue weighted by Gasteiger charge is 2.33. The summed E-state index contributed by atoms with van der Waals surface area (Å²) in [7, 11) is 0. The normalized spacial score (nSPS) is 16.4. The van der Waals surface area contributed by atoms with Crippen LogP contribution in [0.2, 0.25) is 0 Å². The Bertz CT molecular complexity index is 1040. The van der Waals surface area contributed by atoms with Crippen LogP contribution in [0.25, 0.3) is 10.9 Å². The molecule has 25 heavy (non-hydrogen) atoms. The Balaban J connectivity index is 1.88. The summed E-state index contributed by atoms with van der Waals surface area (Å²) in [6.07, 6.45) is 1.12. The highest BCUT2D eigenvalue weighted by atomic mass is 16.2. The molecule has 5 nitrogen and oxygen atoms in total. The number of anilines is 1. The average Bonchev–Trinajstić information content (AvgIpc) is 2.63. The molecular weight excluding hydrogens is 314 g/mol. The SMILES string of the molecule is C=CCN1C(=O)c2ccccc2N[C@H]1c1cc2ccccc2[nH]c1=O. The van der Waals surface area contributed by atoms with E-state index in [1.165, 1.54) is 0 Å². The van der Waals surface area contributed by atoms with Crippen LogP contribution in [0.3, 0.4) is 0 Å². The zero-order valence-electron chi connectivity index (χ0n) is 13.5. The molecule has 5 heteroatoms. The largest absolute Gasteiger partial charge is 0.361 e. The van der Waals surface area contributed by atoms with Crippen LogP contribution in [0.1, 0.15) is 22.1 Å². The molecule has 0 spiro atoms. The topological polar surface area (TPSA) is 65.2 Å². The van der Waals surface area contributed by atoms with Crippen molar-refractivity contribution in [1.82, 2.24) is 9.88 Å². The zero-order valence-corrected chi connectivity index (χ0v) is 13.5. The molecule has 0 aliphatic carbocycles. The fraction of sp³-hybridized carbons (Fsp3) is 0.100. The van der Waals surface area contributed by atoms with Crippen LogP contribution in [-0.2, 0) is 0 Å². The summed E-state index contributed by atoms with van der Waals surface area (Å²) in [5.74, 6) is -0.119. The van der Waals surface area contributed by atoms with Gasteiger partial charge in [-0.1, -0.05) is 36.4 Å². The van der Waals surface area contributed by atoms with E-state index in [1.807, 2.05) is 48.5 Å². The number of benzene rings is 2. The minimum absolute atomic E-state index is 0.119. The minimum atomic E-state index is -0.547. The van der Waals surface area contributed by atoms with E-state index in [9.17, 15) is 9.59 Å². The number of fused-ring (bicyclic) bond motifs is 2. The fourth-order valence-electron chi connectivity index (χ4n) is 3.23. The predicted molar refractivity (Wildman–Crippen MR) is 98.6 cm³/mol. The Morgan fingerprint density at radius 1 is 1.08 bits per heavy atom. The van der Waals surface area contributed by atoms with Crippen molar-refractivity contribution >= 4 is 22.5 Å². The van der Waals surface area contributed by atoms with Crippen molar-refractivity contribution in [3.05, 3.63) is 88.7 Å². The van der Waals surface area contributed by atoms with Crippen LogP contribution in [0, 0.1) is 0 Å². The number of aromatic nitrogens is 1. The Labute approximate surface area is 144 Å². The summed E-state index contributed by atoms with van der Waals surface area (Å²) in [5, 5.41) is 4.24. The first-order valence-corrected chi connectivity index (χ1v) is 8.08. The summed E-state index contributed by atoms with van der Waals surface area (Å²) >= 11 is 0. The molecule has 2 aromatic carbocycles. The van der Waals surface area contributed by atoms with Crippen molar-refractivity contribution in [3.63, 3.8) is 0 Å². The quantitative estimate of drug-likeness (QED) is 0.724. The molecule has 4 rings (SSSR count). The predicted octanol–water partition coefficient (Wildman–Crippen LogP) is 3.28. The van der Waals surface area contributed by atoms with Gasteiger partial charge in [-0.25, -0.2) is 0 Å². The maximum Gasteiger partial charge on any atom is 0.258 e. The smallest absolute Gasteiger partial charge is 0.258 e. The molecule has 0 saturated carbocycles. The van der Waals surface area contributed by atoms with Gasteiger partial charge < -0.3 is 15.2 Å². The Morgan fingerprint density at radius 2 is 1.84 bits per heavy atom. The van der Waals surface area contributed by atoms with Gasteiger partial charge in [-0.2, -0.15) is 0 Å². The van der Waals surface area contributed by atoms with Gasteiger partial charge in [0.1, 0.15) is 6.17 Å². The molecule has 3 aromatic rings. The highest BCUT2D eigenvalue weighted by Crippen LogP contribution is 2.32. The molecule has 0 fully saturated rings. The summed E-state index contributed by atoms with van der Waals surface area (Å²) < 4.78 is 0. The molecule has 0 bridgehead atoms. The second-order valence-electron chi connectivity index (χ2n) is 5.98. The van der Waals surface area contributed by atoms with Crippen LogP contribution in [-0.4, -0.2) is 22.3 Å². The average molecular weight is 331 g/mol. The number of carbonyl (C=O) groups is 1. The summed E-state index contributed by atoms with van der Waals surface area (Å²) in [5.41, 5.74) is 2.39. The van der Waals surface area contributed by atoms with E-state index in [4.69, 9.17) is 0 Å². The molecule has 1 aromatic heterocycles. The number of nitrogens with zero attached hydrogens (tertiary/aromatic N) is 1. The first-order chi connectivity index (χ1) is 12.2. The van der Waals surface area contributed by atoms with E-state index < -0.39 is 6.17 Å². The van der Waals surface area contributed by atoms with Gasteiger partial charge in [-0.3, -0.25) is 9.59 Å². The third-order valence-corrected chi connectivity index (χ3v) is 4.42. The molecule has 1 amide bonds. The molecule has 0 radical (unpaired) electrons. The molecule has 1 aliphatic heterocycles. The van der Waals surface area contributed by atoms with E-state index in [-0.39, 0.29) is 11.5 Å². The standard InChI is InChI=1S/C20H17N3O2/c1-2-11-23-18(21-17-10-6-4-8-14(17)20(23)25)15-12-13-7-3-5-9-16(13)22-19(15)24/h2-10,12,18,21H,1,11H2,(H,22,24)/t18-/m1/s1. The van der Waals surface area contributed by atoms with Gasteiger partial charge in [0, 0.05) is 17.7 Å². The van der Waals surface area contributed by atoms with Crippen LogP contribution in [0.4, 0.5) is 5.69 Å². The Hall–Kier alpha value is -3.34. The fourth-order valence-corrected chi connectivity index (χ4v) is 3.23. The number of hydrogen-bond donors (Lipinski definition) is 2. The van der Waals surface area contributed by atoms with Crippen molar-refractivity contribution in [1.29, 1.82) is 0 Å². The summed E-state index contributed by atoms with van der Waals surface area (Å²) in [6, 6.07) is 16.7. The molecule has 2 heterocycles. The van der Waals surface area contributed by atoms with Gasteiger partial charge in [0.15, 0.2) is 0 Å². The van der Waals surface area contributed by atoms with Crippen LogP contribution < -0.4 is 10.9 Å². The highest BCUT2D eigenvalue weighted by molar-refractivity contribution is 6.01. The van der Waals surface area contributed by atoms with Gasteiger partial charge in [0.25, 0.3) is 11.5 Å². The van der Waals surface area contributed by atoms with Crippen LogP contribution in [0.15, 0.2) is 72.0 Å². The van der Waals surface area contributed by atoms with E-state index in [1.54, 1.807) is 17.0 Å². The number of hydrogen-bond acceptors (Lipinski definition) is 3. The van der Waals surface area contributed by atoms with Gasteiger partial charge >= 0.3 is 0 Å². The molecule has 0 unspecified atom stereocenters. The lowest BCUT2D eigenvalue weighted by Crippen LogP contribution is -2.44. The Morgan fingerprint density at radius 3 is 2.68 bits per heavy atom. The van der Waals surface area contributed by atoms with Gasteiger partial charge in [0.2, 0.25) is 0 Å². The minimum Gasteiger partial charge on any atom is -0.361 e. The zero-order chi connectivity index (χ0) is 17.4. The van der Waals surface area contributed by atoms with Gasteiger partial charge in [0.05, 0.1) is 11.1 Å². The summed E-state index contributed by atoms with van der Waals surface area (Å²) in [6.45, 7) is 4.08. The number of aromatic amines is 1. The number of H-pyrrole nitrogens is 1. The second kappa shape index (κ2) is 5.94. The molecule has 1 aliphatic rings. The monoisotopic (exact) mass is 331 g/mol. The van der Waals surface area contributed by atoms with Gasteiger partial charge in [-0.15, -0.1) is 6.58 Å². The van der Waals surface area contributed by atoms with Crippen molar-refractivity contribution in [2.75, 3.05) is 11.9 Å². The third kappa shape index (κ3) is 2.50. The molecule has 124 valence electrons. The first kappa shape index (κ1) is 15.2. The maximum atomic E-state index is 12.9. The lowest BCUT2D eigenvalue weighted by atomic mass is 10.0. The second-order valence-corrected chi connectivity index (χ2v) is 5.98. The number of pyridine rings is 1. The van der Waals surface area contributed by atoms with Crippen LogP contribution >= 0.6 is 0 Å². The molecule has 2 N–H and O–H groups in total.